The Bertz CT molecular complexity index is 475. The van der Waals surface area contributed by atoms with Crippen LogP contribution in [0, 0.1) is 11.8 Å². The molecule has 6 atom stereocenters. The van der Waals surface area contributed by atoms with Gasteiger partial charge in [-0.05, 0) is 45.4 Å². The SMILES string of the molecule is CC(COC(=O)C1CC2CC(C1)O2)OC(=O)C1CCC2OC2C1. The minimum absolute atomic E-state index is 0.0577. The van der Waals surface area contributed by atoms with Crippen molar-refractivity contribution in [1.82, 2.24) is 0 Å². The first-order valence-electron chi connectivity index (χ1n) is 8.76. The number of fused-ring (bicyclic) bond motifs is 3. The predicted molar refractivity (Wildman–Crippen MR) is 78.5 cm³/mol. The molecule has 3 aliphatic heterocycles. The van der Waals surface area contributed by atoms with Crippen LogP contribution in [0.5, 0.6) is 0 Å². The Kier molecular flexibility index (Phi) is 4.05. The van der Waals surface area contributed by atoms with Crippen molar-refractivity contribution >= 4 is 11.9 Å². The molecule has 0 aromatic carbocycles. The molecule has 128 valence electrons. The van der Waals surface area contributed by atoms with E-state index in [0.29, 0.717) is 6.10 Å². The topological polar surface area (TPSA) is 74.4 Å². The maximum atomic E-state index is 12.1. The highest BCUT2D eigenvalue weighted by atomic mass is 16.6. The lowest BCUT2D eigenvalue weighted by Crippen LogP contribution is -2.47. The van der Waals surface area contributed by atoms with Gasteiger partial charge in [0.2, 0.25) is 0 Å². The van der Waals surface area contributed by atoms with Crippen molar-refractivity contribution < 1.29 is 28.5 Å². The van der Waals surface area contributed by atoms with E-state index in [0.717, 1.165) is 38.5 Å². The zero-order chi connectivity index (χ0) is 16.0. The van der Waals surface area contributed by atoms with Crippen LogP contribution in [0.4, 0.5) is 0 Å². The highest BCUT2D eigenvalue weighted by Gasteiger charge is 2.46. The molecular weight excluding hydrogens is 300 g/mol. The van der Waals surface area contributed by atoms with E-state index in [1.54, 1.807) is 6.92 Å². The summed E-state index contributed by atoms with van der Waals surface area (Å²) in [6, 6.07) is 0. The molecule has 3 heterocycles. The van der Waals surface area contributed by atoms with Gasteiger partial charge in [-0.15, -0.1) is 0 Å². The molecular formula is C17H24O6. The Hall–Kier alpha value is -1.14. The molecule has 23 heavy (non-hydrogen) atoms. The van der Waals surface area contributed by atoms with Gasteiger partial charge < -0.3 is 18.9 Å². The molecule has 0 N–H and O–H groups in total. The first-order chi connectivity index (χ1) is 11.1. The number of rotatable bonds is 5. The lowest BCUT2D eigenvalue weighted by Gasteiger charge is -2.44. The zero-order valence-electron chi connectivity index (χ0n) is 13.4. The zero-order valence-corrected chi connectivity index (χ0v) is 13.4. The molecule has 0 spiro atoms. The summed E-state index contributed by atoms with van der Waals surface area (Å²) >= 11 is 0. The van der Waals surface area contributed by atoms with Gasteiger partial charge in [0.05, 0.1) is 36.3 Å². The molecule has 2 aliphatic carbocycles. The van der Waals surface area contributed by atoms with Crippen molar-refractivity contribution in [3.05, 3.63) is 0 Å². The molecule has 6 unspecified atom stereocenters. The first kappa shape index (κ1) is 15.4. The number of hydrogen-bond donors (Lipinski definition) is 0. The second-order valence-corrected chi connectivity index (χ2v) is 7.38. The van der Waals surface area contributed by atoms with Crippen LogP contribution in [0.2, 0.25) is 0 Å². The molecule has 5 rings (SSSR count). The van der Waals surface area contributed by atoms with Crippen molar-refractivity contribution in [1.29, 1.82) is 0 Å². The monoisotopic (exact) mass is 324 g/mol. The summed E-state index contributed by atoms with van der Waals surface area (Å²) in [5, 5.41) is 0. The van der Waals surface area contributed by atoms with E-state index in [2.05, 4.69) is 0 Å². The van der Waals surface area contributed by atoms with Gasteiger partial charge in [-0.2, -0.15) is 0 Å². The van der Waals surface area contributed by atoms with E-state index in [1.807, 2.05) is 0 Å². The highest BCUT2D eigenvalue weighted by molar-refractivity contribution is 5.74. The smallest absolute Gasteiger partial charge is 0.309 e. The van der Waals surface area contributed by atoms with Crippen LogP contribution < -0.4 is 0 Å². The number of carbonyl (C=O) groups excluding carboxylic acids is 2. The van der Waals surface area contributed by atoms with Gasteiger partial charge in [-0.3, -0.25) is 9.59 Å². The van der Waals surface area contributed by atoms with Crippen LogP contribution in [0.1, 0.15) is 45.4 Å². The quantitative estimate of drug-likeness (QED) is 0.565. The van der Waals surface area contributed by atoms with Gasteiger partial charge >= 0.3 is 11.9 Å². The van der Waals surface area contributed by atoms with E-state index in [4.69, 9.17) is 18.9 Å². The van der Waals surface area contributed by atoms with Crippen molar-refractivity contribution in [3.63, 3.8) is 0 Å². The van der Waals surface area contributed by atoms with Crippen molar-refractivity contribution in [3.8, 4) is 0 Å². The third-order valence-corrected chi connectivity index (χ3v) is 5.45. The van der Waals surface area contributed by atoms with Crippen molar-refractivity contribution in [2.24, 2.45) is 11.8 Å². The number of epoxide rings is 1. The van der Waals surface area contributed by atoms with Crippen LogP contribution in [-0.4, -0.2) is 49.1 Å². The summed E-state index contributed by atoms with van der Waals surface area (Å²) < 4.78 is 21.7. The Morgan fingerprint density at radius 3 is 2.39 bits per heavy atom. The third kappa shape index (κ3) is 3.38. The Morgan fingerprint density at radius 1 is 0.957 bits per heavy atom. The average Bonchev–Trinajstić information content (AvgIpc) is 3.30. The first-order valence-corrected chi connectivity index (χ1v) is 8.76. The molecule has 5 fully saturated rings. The highest BCUT2D eigenvalue weighted by Crippen LogP contribution is 2.40. The minimum Gasteiger partial charge on any atom is -0.462 e. The molecule has 2 saturated carbocycles. The molecule has 0 aromatic heterocycles. The van der Waals surface area contributed by atoms with Gasteiger partial charge in [-0.25, -0.2) is 0 Å². The fourth-order valence-corrected chi connectivity index (χ4v) is 4.05. The van der Waals surface area contributed by atoms with E-state index < -0.39 is 6.10 Å². The number of ether oxygens (including phenoxy) is 4. The molecule has 6 heteroatoms. The van der Waals surface area contributed by atoms with Gasteiger partial charge in [0.1, 0.15) is 12.7 Å². The average molecular weight is 324 g/mol. The molecule has 0 radical (unpaired) electrons. The summed E-state index contributed by atoms with van der Waals surface area (Å²) in [4.78, 5) is 24.2. The Labute approximate surface area is 135 Å². The third-order valence-electron chi connectivity index (χ3n) is 5.45. The maximum Gasteiger partial charge on any atom is 0.309 e. The van der Waals surface area contributed by atoms with Gasteiger partial charge in [0.15, 0.2) is 0 Å². The largest absolute Gasteiger partial charge is 0.462 e. The maximum absolute atomic E-state index is 12.1. The second-order valence-electron chi connectivity index (χ2n) is 7.38. The molecule has 6 nitrogen and oxygen atoms in total. The van der Waals surface area contributed by atoms with E-state index in [1.165, 1.54) is 0 Å². The van der Waals surface area contributed by atoms with Gasteiger partial charge in [0.25, 0.3) is 0 Å². The van der Waals surface area contributed by atoms with E-state index in [-0.39, 0.29) is 48.7 Å². The van der Waals surface area contributed by atoms with Gasteiger partial charge in [-0.1, -0.05) is 0 Å². The molecule has 5 aliphatic rings. The lowest BCUT2D eigenvalue weighted by atomic mass is 9.81. The fraction of sp³-hybridized carbons (Fsp3) is 0.882. The van der Waals surface area contributed by atoms with Crippen LogP contribution >= 0.6 is 0 Å². The lowest BCUT2D eigenvalue weighted by molar-refractivity contribution is -0.191. The standard InChI is InChI=1S/C17H24O6/c1-9(21-17(19)10-2-3-14-15(6-10)23-14)8-20-16(18)11-4-12-7-13(5-11)22-12/h9-15H,2-8H2,1H3. The summed E-state index contributed by atoms with van der Waals surface area (Å²) in [6.07, 6.45) is 5.84. The fourth-order valence-electron chi connectivity index (χ4n) is 4.05. The molecule has 0 amide bonds. The number of hydrogen-bond acceptors (Lipinski definition) is 6. The van der Waals surface area contributed by atoms with Crippen LogP contribution in [0.3, 0.4) is 0 Å². The molecule has 2 bridgehead atoms. The predicted octanol–water partition coefficient (Wildman–Crippen LogP) is 1.60. The minimum atomic E-state index is -0.404. The summed E-state index contributed by atoms with van der Waals surface area (Å²) in [6.45, 7) is 1.90. The summed E-state index contributed by atoms with van der Waals surface area (Å²) in [7, 11) is 0. The molecule has 3 saturated heterocycles. The van der Waals surface area contributed by atoms with Gasteiger partial charge in [0, 0.05) is 0 Å². The normalized spacial score (nSPS) is 42.0. The number of esters is 2. The van der Waals surface area contributed by atoms with Crippen LogP contribution in [-0.2, 0) is 28.5 Å². The van der Waals surface area contributed by atoms with E-state index in [9.17, 15) is 9.59 Å². The Balaban J connectivity index is 1.17. The Morgan fingerprint density at radius 2 is 1.70 bits per heavy atom. The molecule has 0 aromatic rings. The van der Waals surface area contributed by atoms with Crippen molar-refractivity contribution in [2.45, 2.75) is 76.0 Å². The van der Waals surface area contributed by atoms with E-state index >= 15 is 0 Å². The second kappa shape index (κ2) is 6.06. The summed E-state index contributed by atoms with van der Waals surface area (Å²) in [5.74, 6) is -0.496. The van der Waals surface area contributed by atoms with Crippen molar-refractivity contribution in [2.75, 3.05) is 6.61 Å². The van der Waals surface area contributed by atoms with Crippen LogP contribution in [0.25, 0.3) is 0 Å². The summed E-state index contributed by atoms with van der Waals surface area (Å²) in [5.41, 5.74) is 0. The number of carbonyl (C=O) groups is 2. The van der Waals surface area contributed by atoms with Crippen LogP contribution in [0.15, 0.2) is 0 Å².